The summed E-state index contributed by atoms with van der Waals surface area (Å²) in [4.78, 5) is 2.68. The molecule has 0 heterocycles. The quantitative estimate of drug-likeness (QED) is 0.169. The van der Waals surface area contributed by atoms with Gasteiger partial charge in [-0.25, -0.2) is 0 Å². The second-order valence-corrected chi connectivity index (χ2v) is 18.0. The van der Waals surface area contributed by atoms with E-state index in [1.54, 1.807) is 0 Å². The first kappa shape index (κ1) is 35.0. The predicted molar refractivity (Wildman–Crippen MR) is 251 cm³/mol. The molecular weight excluding hydrogens is 723 g/mol. The maximum absolute atomic E-state index is 2.68. The van der Waals surface area contributed by atoms with Crippen molar-refractivity contribution in [1.82, 2.24) is 0 Å². The Kier molecular flexibility index (Phi) is 7.31. The fourth-order valence-electron chi connectivity index (χ4n) is 11.9. The monoisotopic (exact) mass is 767 g/mol. The second-order valence-electron chi connectivity index (χ2n) is 18.0. The van der Waals surface area contributed by atoms with Crippen molar-refractivity contribution in [3.63, 3.8) is 0 Å². The fourth-order valence-corrected chi connectivity index (χ4v) is 11.9. The molecule has 1 heteroatoms. The second kappa shape index (κ2) is 12.5. The van der Waals surface area contributed by atoms with Crippen LogP contribution in [0.25, 0.3) is 44.2 Å². The van der Waals surface area contributed by atoms with E-state index >= 15 is 0 Å². The van der Waals surface area contributed by atoms with E-state index in [1.165, 1.54) is 106 Å². The highest BCUT2D eigenvalue weighted by molar-refractivity contribution is 6.08. The Balaban J connectivity index is 1.26. The van der Waals surface area contributed by atoms with Gasteiger partial charge in [0.05, 0.1) is 22.5 Å². The summed E-state index contributed by atoms with van der Waals surface area (Å²) in [6.07, 6.45) is 0. The molecule has 0 saturated heterocycles. The lowest BCUT2D eigenvalue weighted by molar-refractivity contribution is 0.660. The largest absolute Gasteiger partial charge is 0.309 e. The fraction of sp³-hybridized carbons (Fsp3) is 0.119. The van der Waals surface area contributed by atoms with Crippen molar-refractivity contribution in [2.24, 2.45) is 0 Å². The molecule has 0 unspecified atom stereocenters. The zero-order valence-electron chi connectivity index (χ0n) is 34.5. The predicted octanol–water partition coefficient (Wildman–Crippen LogP) is 15.3. The molecular formula is C59H45N. The Morgan fingerprint density at radius 1 is 0.333 bits per heavy atom. The molecule has 1 nitrogen and oxygen atoms in total. The molecule has 9 aromatic rings. The summed E-state index contributed by atoms with van der Waals surface area (Å²) < 4.78 is 0. The maximum atomic E-state index is 2.68. The van der Waals surface area contributed by atoms with Gasteiger partial charge in [0.25, 0.3) is 0 Å². The van der Waals surface area contributed by atoms with Crippen molar-refractivity contribution >= 4 is 27.8 Å². The van der Waals surface area contributed by atoms with Crippen LogP contribution >= 0.6 is 0 Å². The number of fused-ring (bicyclic) bond motifs is 11. The van der Waals surface area contributed by atoms with Gasteiger partial charge in [0.15, 0.2) is 0 Å². The summed E-state index contributed by atoms with van der Waals surface area (Å²) in [7, 11) is 0. The highest BCUT2D eigenvalue weighted by atomic mass is 15.2. The Bertz CT molecular complexity index is 3160. The summed E-state index contributed by atoms with van der Waals surface area (Å²) in [6.45, 7) is 9.68. The Morgan fingerprint density at radius 3 is 1.52 bits per heavy atom. The van der Waals surface area contributed by atoms with Crippen molar-refractivity contribution in [3.05, 3.63) is 245 Å². The van der Waals surface area contributed by atoms with Crippen LogP contribution in [0.5, 0.6) is 0 Å². The Hall–Kier alpha value is -6.96. The van der Waals surface area contributed by atoms with Gasteiger partial charge in [0.2, 0.25) is 0 Å². The van der Waals surface area contributed by atoms with Crippen LogP contribution in [0.4, 0.5) is 17.1 Å². The van der Waals surface area contributed by atoms with Crippen LogP contribution in [0.2, 0.25) is 0 Å². The van der Waals surface area contributed by atoms with E-state index in [2.05, 4.69) is 233 Å². The van der Waals surface area contributed by atoms with Crippen LogP contribution in [-0.4, -0.2) is 0 Å². The number of hydrogen-bond donors (Lipinski definition) is 0. The highest BCUT2D eigenvalue weighted by Crippen LogP contribution is 2.63. The third-order valence-electron chi connectivity index (χ3n) is 14.3. The summed E-state index contributed by atoms with van der Waals surface area (Å²) in [5.74, 6) is 0. The third kappa shape index (κ3) is 4.47. The van der Waals surface area contributed by atoms with Crippen molar-refractivity contribution in [3.8, 4) is 33.4 Å². The van der Waals surface area contributed by atoms with Gasteiger partial charge in [-0.05, 0) is 95.7 Å². The first-order valence-corrected chi connectivity index (χ1v) is 21.4. The molecule has 3 aliphatic rings. The van der Waals surface area contributed by atoms with E-state index in [9.17, 15) is 0 Å². The van der Waals surface area contributed by atoms with E-state index in [0.717, 1.165) is 0 Å². The van der Waals surface area contributed by atoms with Crippen molar-refractivity contribution in [2.75, 3.05) is 4.90 Å². The molecule has 0 fully saturated rings. The number of nitrogens with zero attached hydrogens (tertiary/aromatic N) is 1. The highest BCUT2D eigenvalue weighted by Gasteiger charge is 2.49. The molecule has 0 aliphatic heterocycles. The van der Waals surface area contributed by atoms with E-state index < -0.39 is 5.41 Å². The average molecular weight is 768 g/mol. The van der Waals surface area contributed by atoms with Gasteiger partial charge in [-0.1, -0.05) is 210 Å². The summed E-state index contributed by atoms with van der Waals surface area (Å²) in [5, 5.41) is 2.57. The Morgan fingerprint density at radius 2 is 0.817 bits per heavy atom. The van der Waals surface area contributed by atoms with Crippen molar-refractivity contribution in [1.29, 1.82) is 0 Å². The Labute approximate surface area is 353 Å². The molecule has 12 rings (SSSR count). The smallest absolute Gasteiger partial charge is 0.0714 e. The van der Waals surface area contributed by atoms with Gasteiger partial charge in [0.1, 0.15) is 0 Å². The molecule has 0 atom stereocenters. The molecule has 286 valence electrons. The minimum Gasteiger partial charge on any atom is -0.309 e. The van der Waals surface area contributed by atoms with Gasteiger partial charge in [-0.3, -0.25) is 0 Å². The lowest BCUT2D eigenvalue weighted by Crippen LogP contribution is -2.28. The lowest BCUT2D eigenvalue weighted by atomic mass is 9.68. The first-order valence-electron chi connectivity index (χ1n) is 21.4. The minimum absolute atomic E-state index is 0.206. The molecule has 0 radical (unpaired) electrons. The van der Waals surface area contributed by atoms with Crippen LogP contribution in [-0.2, 0) is 16.2 Å². The normalized spacial score (nSPS) is 15.4. The number of hydrogen-bond acceptors (Lipinski definition) is 1. The van der Waals surface area contributed by atoms with Gasteiger partial charge in [-0.2, -0.15) is 0 Å². The topological polar surface area (TPSA) is 3.24 Å². The van der Waals surface area contributed by atoms with Crippen LogP contribution in [0.3, 0.4) is 0 Å². The van der Waals surface area contributed by atoms with Crippen LogP contribution < -0.4 is 4.90 Å². The van der Waals surface area contributed by atoms with E-state index in [0.29, 0.717) is 0 Å². The minimum atomic E-state index is -0.524. The first-order chi connectivity index (χ1) is 29.3. The van der Waals surface area contributed by atoms with E-state index in [-0.39, 0.29) is 10.8 Å². The third-order valence-corrected chi connectivity index (χ3v) is 14.3. The molecule has 60 heavy (non-hydrogen) atoms. The van der Waals surface area contributed by atoms with Crippen molar-refractivity contribution in [2.45, 2.75) is 43.9 Å². The molecule has 0 amide bonds. The molecule has 0 bridgehead atoms. The summed E-state index contributed by atoms with van der Waals surface area (Å²) >= 11 is 0. The van der Waals surface area contributed by atoms with Crippen molar-refractivity contribution < 1.29 is 0 Å². The van der Waals surface area contributed by atoms with E-state index in [1.807, 2.05) is 0 Å². The summed E-state index contributed by atoms with van der Waals surface area (Å²) in [5.41, 5.74) is 21.1. The van der Waals surface area contributed by atoms with Gasteiger partial charge < -0.3 is 4.90 Å². The average Bonchev–Trinajstić information content (AvgIpc) is 3.83. The van der Waals surface area contributed by atoms with Crippen LogP contribution in [0.15, 0.2) is 200 Å². The number of anilines is 3. The zero-order valence-corrected chi connectivity index (χ0v) is 34.5. The molecule has 0 aromatic heterocycles. The van der Waals surface area contributed by atoms with Gasteiger partial charge in [-0.15, -0.1) is 0 Å². The number of benzene rings is 9. The lowest BCUT2D eigenvalue weighted by Gasteiger charge is -2.36. The molecule has 9 aromatic carbocycles. The molecule has 0 N–H and O–H groups in total. The maximum Gasteiger partial charge on any atom is 0.0714 e. The summed E-state index contributed by atoms with van der Waals surface area (Å²) in [6, 6.07) is 75.4. The molecule has 0 saturated carbocycles. The van der Waals surface area contributed by atoms with Gasteiger partial charge in [0, 0.05) is 22.0 Å². The SMILES string of the molecule is CC1(C)c2ccccc2-c2cccc(N(c3cccc4c3-c3ccccc3C4(c3ccccc3)c3ccccc3)c3cc4ccccc4c4c3-c3ccccc3C4(C)C)c21. The van der Waals surface area contributed by atoms with Gasteiger partial charge >= 0.3 is 0 Å². The molecule has 0 spiro atoms. The van der Waals surface area contributed by atoms with Crippen LogP contribution in [0, 0.1) is 0 Å². The standard InChI is InChI=1S/C59H45N/c1-57(2)46-31-16-13-27-42(46)43-30-19-36-51(55(43)57)60(52-37-38-21-11-12-26-41(38)56-54(52)44-28-14-17-32-47(44)58(56,3)4)50-35-20-34-49-53(50)45-29-15-18-33-48(45)59(49,39-22-7-5-8-23-39)40-24-9-6-10-25-40/h5-37H,1-4H3. The zero-order chi connectivity index (χ0) is 40.4. The van der Waals surface area contributed by atoms with E-state index in [4.69, 9.17) is 0 Å². The number of rotatable bonds is 5. The van der Waals surface area contributed by atoms with Crippen LogP contribution in [0.1, 0.15) is 72.2 Å². The molecule has 3 aliphatic carbocycles.